The summed E-state index contributed by atoms with van der Waals surface area (Å²) in [6.45, 7) is 12.9. The molecule has 0 aromatic heterocycles. The van der Waals surface area contributed by atoms with Crippen LogP contribution in [0.3, 0.4) is 0 Å². The van der Waals surface area contributed by atoms with Gasteiger partial charge in [-0.1, -0.05) is 124 Å². The first-order chi connectivity index (χ1) is 23.0. The number of thioether (sulfide) groups is 8. The Kier molecular flexibility index (Phi) is 29.1. The zero-order valence-electron chi connectivity index (χ0n) is 28.6. The van der Waals surface area contributed by atoms with E-state index in [1.807, 2.05) is 27.7 Å². The van der Waals surface area contributed by atoms with Gasteiger partial charge in [0.05, 0.1) is 0 Å². The fraction of sp³-hybridized carbons (Fsp3) is 0.724. The molecule has 0 radical (unpaired) electrons. The van der Waals surface area contributed by atoms with Gasteiger partial charge in [-0.15, -0.1) is 47.0 Å². The Balaban J connectivity index is 6.32. The number of hydrogen-bond donors (Lipinski definition) is 0. The molecule has 0 amide bonds. The molecule has 0 rings (SSSR count). The van der Waals surface area contributed by atoms with Crippen LogP contribution in [-0.4, -0.2) is 108 Å². The molecule has 0 saturated carbocycles. The van der Waals surface area contributed by atoms with E-state index in [9.17, 15) is 19.2 Å². The monoisotopic (exact) mass is 904 g/mol. The van der Waals surface area contributed by atoms with E-state index in [2.05, 4.69) is 0 Å². The minimum atomic E-state index is -1.45. The Morgan fingerprint density at radius 1 is 0.449 bits per heavy atom. The van der Waals surface area contributed by atoms with E-state index in [1.165, 1.54) is 94.1 Å². The third-order valence-corrected chi connectivity index (χ3v) is 15.7. The molecule has 0 N–H and O–H groups in total. The molecule has 0 spiro atoms. The highest BCUT2D eigenvalue weighted by Gasteiger charge is 2.40. The van der Waals surface area contributed by atoms with Gasteiger partial charge < -0.3 is 18.9 Å². The van der Waals surface area contributed by atoms with Crippen LogP contribution in [0.2, 0.25) is 0 Å². The van der Waals surface area contributed by atoms with Gasteiger partial charge in [0, 0.05) is 0 Å². The second-order valence-corrected chi connectivity index (χ2v) is 24.9. The molecule has 0 fully saturated rings. The minimum absolute atomic E-state index is 0.388. The highest BCUT2D eigenvalue weighted by atomic mass is 32.2. The van der Waals surface area contributed by atoms with Crippen molar-refractivity contribution in [2.24, 2.45) is 5.41 Å². The summed E-state index contributed by atoms with van der Waals surface area (Å²) in [6, 6.07) is 0. The van der Waals surface area contributed by atoms with Gasteiger partial charge in [0.15, 0.2) is 0 Å². The first-order valence-electron chi connectivity index (χ1n) is 15.0. The van der Waals surface area contributed by atoms with Gasteiger partial charge >= 0.3 is 23.9 Å². The van der Waals surface area contributed by atoms with E-state index in [-0.39, 0.29) is 26.4 Å². The van der Waals surface area contributed by atoms with E-state index in [0.717, 1.165) is 23.0 Å². The summed E-state index contributed by atoms with van der Waals surface area (Å²) in [7, 11) is 0. The van der Waals surface area contributed by atoms with Gasteiger partial charge in [0.25, 0.3) is 0 Å². The zero-order chi connectivity index (χ0) is 37.6. The molecule has 4 unspecified atom stereocenters. The predicted octanol–water partition coefficient (Wildman–Crippen LogP) is 8.78. The molecule has 0 aromatic carbocycles. The molecular weight excluding hydrogens is 861 g/mol. The van der Waals surface area contributed by atoms with Gasteiger partial charge in [-0.3, -0.25) is 19.2 Å². The third kappa shape index (κ3) is 22.8. The average molecular weight is 905 g/mol. The van der Waals surface area contributed by atoms with E-state index in [1.54, 1.807) is 27.7 Å². The van der Waals surface area contributed by atoms with E-state index >= 15 is 0 Å². The van der Waals surface area contributed by atoms with Crippen LogP contribution < -0.4 is 0 Å². The van der Waals surface area contributed by atoms with Crippen molar-refractivity contribution >= 4 is 181 Å². The van der Waals surface area contributed by atoms with Crippen molar-refractivity contribution < 1.29 is 38.1 Å². The van der Waals surface area contributed by atoms with Gasteiger partial charge in [-0.25, -0.2) is 0 Å². The largest absolute Gasteiger partial charge is 0.464 e. The van der Waals surface area contributed by atoms with Crippen molar-refractivity contribution in [2.75, 3.05) is 49.4 Å². The van der Waals surface area contributed by atoms with E-state index in [4.69, 9.17) is 67.8 Å². The molecule has 0 aliphatic carbocycles. The van der Waals surface area contributed by atoms with Gasteiger partial charge in [-0.2, -0.15) is 0 Å². The standard InChI is InChI=1S/C29H44O8S12/c1-9-42-25(38)46-17(5)21(30)34-13-29(14-35-22(31)18(6)47-26(39)43-10-2,15-36-23(32)19(7)48-27(40)44-11-3)16-37-24(33)20(8)49-28(41)45-12-4/h17-20H,9-16H2,1-8H3. The number of rotatable bonds is 20. The molecule has 0 heterocycles. The normalized spacial score (nSPS) is 14.7. The lowest BCUT2D eigenvalue weighted by Crippen LogP contribution is -2.45. The Bertz CT molecular complexity index is 965. The summed E-state index contributed by atoms with van der Waals surface area (Å²) in [5.74, 6) is 0.700. The van der Waals surface area contributed by atoms with Crippen LogP contribution in [0.5, 0.6) is 0 Å². The van der Waals surface area contributed by atoms with Crippen LogP contribution in [-0.2, 0) is 38.1 Å². The smallest absolute Gasteiger partial charge is 0.319 e. The fourth-order valence-corrected chi connectivity index (χ4v) is 13.1. The van der Waals surface area contributed by atoms with E-state index < -0.39 is 50.3 Å². The zero-order valence-corrected chi connectivity index (χ0v) is 38.4. The number of hydrogen-bond acceptors (Lipinski definition) is 20. The molecule has 49 heavy (non-hydrogen) atoms. The summed E-state index contributed by atoms with van der Waals surface area (Å²) in [6.07, 6.45) is 0. The molecule has 20 heteroatoms. The molecule has 8 nitrogen and oxygen atoms in total. The first kappa shape index (κ1) is 50.0. The number of thiocarbonyl (C=S) groups is 4. The lowest BCUT2D eigenvalue weighted by molar-refractivity contribution is -0.169. The molecule has 4 atom stereocenters. The predicted molar refractivity (Wildman–Crippen MR) is 237 cm³/mol. The quantitative estimate of drug-likeness (QED) is 0.0660. The lowest BCUT2D eigenvalue weighted by Gasteiger charge is -2.33. The van der Waals surface area contributed by atoms with Crippen LogP contribution in [0.15, 0.2) is 0 Å². The SMILES string of the molecule is CCSC(=S)SC(C)C(=O)OCC(COC(=O)C(C)SC(=S)SCC)(COC(=O)C(C)SC(=S)SCC)COC(=O)C(C)SC(=S)SCC. The maximum absolute atomic E-state index is 13.1. The Morgan fingerprint density at radius 3 is 0.796 bits per heavy atom. The van der Waals surface area contributed by atoms with Crippen molar-refractivity contribution in [3.8, 4) is 0 Å². The number of esters is 4. The van der Waals surface area contributed by atoms with E-state index in [0.29, 0.717) is 14.1 Å². The second kappa shape index (κ2) is 28.5. The Labute approximate surface area is 346 Å². The topological polar surface area (TPSA) is 105 Å². The molecule has 280 valence electrons. The van der Waals surface area contributed by atoms with Crippen LogP contribution in [0, 0.1) is 5.41 Å². The molecule has 0 aliphatic heterocycles. The molecule has 0 aromatic rings. The fourth-order valence-electron chi connectivity index (χ4n) is 2.99. The minimum Gasteiger partial charge on any atom is -0.464 e. The first-order valence-corrected chi connectivity index (χ1v) is 24.1. The van der Waals surface area contributed by atoms with Gasteiger partial charge in [-0.05, 0) is 50.7 Å². The summed E-state index contributed by atoms with van der Waals surface area (Å²) in [5.41, 5.74) is -1.45. The van der Waals surface area contributed by atoms with Crippen LogP contribution in [0.4, 0.5) is 0 Å². The number of ether oxygens (including phenoxy) is 4. The lowest BCUT2D eigenvalue weighted by atomic mass is 9.92. The van der Waals surface area contributed by atoms with Crippen molar-refractivity contribution in [2.45, 2.75) is 76.4 Å². The molecule has 0 saturated heterocycles. The average Bonchev–Trinajstić information content (AvgIpc) is 3.03. The van der Waals surface area contributed by atoms with Crippen molar-refractivity contribution in [1.29, 1.82) is 0 Å². The molecule has 0 aliphatic rings. The van der Waals surface area contributed by atoms with Crippen LogP contribution in [0.25, 0.3) is 0 Å². The number of carbonyl (C=O) groups excluding carboxylic acids is 4. The van der Waals surface area contributed by atoms with Gasteiger partial charge in [0.2, 0.25) is 0 Å². The van der Waals surface area contributed by atoms with Crippen molar-refractivity contribution in [3.05, 3.63) is 0 Å². The van der Waals surface area contributed by atoms with Crippen molar-refractivity contribution in [3.63, 3.8) is 0 Å². The van der Waals surface area contributed by atoms with Gasteiger partial charge in [0.1, 0.15) is 67.0 Å². The summed E-state index contributed by atoms with van der Waals surface area (Å²) < 4.78 is 25.3. The van der Waals surface area contributed by atoms with Crippen LogP contribution >= 0.6 is 143 Å². The third-order valence-electron chi connectivity index (χ3n) is 5.55. The second-order valence-electron chi connectivity index (χ2n) is 9.70. The number of carbonyl (C=O) groups is 4. The van der Waals surface area contributed by atoms with Crippen LogP contribution in [0.1, 0.15) is 55.4 Å². The Hall–Kier alpha value is 1.04. The highest BCUT2D eigenvalue weighted by molar-refractivity contribution is 8.49. The maximum atomic E-state index is 13.1. The molecule has 0 bridgehead atoms. The Morgan fingerprint density at radius 2 is 0.633 bits per heavy atom. The summed E-state index contributed by atoms with van der Waals surface area (Å²) >= 11 is 31.9. The maximum Gasteiger partial charge on any atom is 0.319 e. The molecular formula is C29H44O8S12. The van der Waals surface area contributed by atoms with Crippen molar-refractivity contribution in [1.82, 2.24) is 0 Å². The summed E-state index contributed by atoms with van der Waals surface area (Å²) in [5, 5.41) is -2.58. The highest BCUT2D eigenvalue weighted by Crippen LogP contribution is 2.30. The summed E-state index contributed by atoms with van der Waals surface area (Å²) in [4.78, 5) is 52.5.